The molecule has 7 heteroatoms. The summed E-state index contributed by atoms with van der Waals surface area (Å²) in [7, 11) is 0. The molecule has 0 aromatic carbocycles. The van der Waals surface area contributed by atoms with E-state index in [0.717, 1.165) is 19.3 Å². The second-order valence-electron chi connectivity index (χ2n) is 7.32. The van der Waals surface area contributed by atoms with Gasteiger partial charge in [-0.05, 0) is 43.2 Å². The van der Waals surface area contributed by atoms with Gasteiger partial charge in [-0.15, -0.1) is 0 Å². The number of carboxylic acids is 1. The molecule has 7 nitrogen and oxygen atoms in total. The molecule has 4 atom stereocenters. The predicted octanol–water partition coefficient (Wildman–Crippen LogP) is 1.31. The first-order valence-electron chi connectivity index (χ1n) is 8.90. The van der Waals surface area contributed by atoms with Crippen LogP contribution in [0.4, 0.5) is 0 Å². The Balaban J connectivity index is 1.40. The lowest BCUT2D eigenvalue weighted by Gasteiger charge is -2.38. The van der Waals surface area contributed by atoms with Crippen LogP contribution in [0, 0.1) is 23.7 Å². The van der Waals surface area contributed by atoms with Crippen LogP contribution in [0.15, 0.2) is 22.8 Å². The summed E-state index contributed by atoms with van der Waals surface area (Å²) in [5.41, 5.74) is 0. The first-order chi connectivity index (χ1) is 12.1. The van der Waals surface area contributed by atoms with E-state index in [2.05, 4.69) is 0 Å². The fourth-order valence-electron chi connectivity index (χ4n) is 4.90. The van der Waals surface area contributed by atoms with Crippen LogP contribution < -0.4 is 0 Å². The molecule has 2 saturated carbocycles. The van der Waals surface area contributed by atoms with Gasteiger partial charge in [0.1, 0.15) is 0 Å². The molecule has 3 fully saturated rings. The van der Waals surface area contributed by atoms with E-state index in [9.17, 15) is 19.5 Å². The molecule has 2 heterocycles. The van der Waals surface area contributed by atoms with Crippen molar-refractivity contribution < 1.29 is 23.9 Å². The summed E-state index contributed by atoms with van der Waals surface area (Å²) in [5.74, 6) is -1.29. The molecule has 2 amide bonds. The topological polar surface area (TPSA) is 91.1 Å². The molecule has 3 aliphatic rings. The summed E-state index contributed by atoms with van der Waals surface area (Å²) >= 11 is 0. The van der Waals surface area contributed by atoms with Crippen LogP contribution >= 0.6 is 0 Å². The van der Waals surface area contributed by atoms with E-state index in [1.165, 1.54) is 6.26 Å². The van der Waals surface area contributed by atoms with E-state index in [1.54, 1.807) is 21.9 Å². The number of carboxylic acid groups (broad SMARTS) is 1. The minimum atomic E-state index is -0.836. The Kier molecular flexibility index (Phi) is 4.01. The van der Waals surface area contributed by atoms with Gasteiger partial charge in [0.2, 0.25) is 5.91 Å². The van der Waals surface area contributed by atoms with Crippen LogP contribution in [0.5, 0.6) is 0 Å². The van der Waals surface area contributed by atoms with Crippen LogP contribution in [0.3, 0.4) is 0 Å². The zero-order valence-electron chi connectivity index (χ0n) is 14.0. The first-order valence-corrected chi connectivity index (χ1v) is 8.90. The average Bonchev–Trinajstić information content (AvgIpc) is 3.36. The lowest BCUT2D eigenvalue weighted by molar-refractivity contribution is -0.153. The number of piperazine rings is 1. The third-order valence-corrected chi connectivity index (χ3v) is 6.10. The number of aliphatic carboxylic acids is 1. The Morgan fingerprint density at radius 3 is 2.24 bits per heavy atom. The number of carbonyl (C=O) groups is 3. The van der Waals surface area contributed by atoms with Crippen molar-refractivity contribution in [1.29, 1.82) is 0 Å². The average molecular weight is 346 g/mol. The van der Waals surface area contributed by atoms with Gasteiger partial charge < -0.3 is 19.3 Å². The van der Waals surface area contributed by atoms with Crippen molar-refractivity contribution in [2.75, 3.05) is 26.2 Å². The minimum absolute atomic E-state index is 0.0373. The highest BCUT2D eigenvalue weighted by atomic mass is 16.4. The molecule has 0 radical (unpaired) electrons. The number of fused-ring (bicyclic) bond motifs is 2. The fourth-order valence-corrected chi connectivity index (χ4v) is 4.90. The number of rotatable bonds is 3. The molecule has 1 aromatic heterocycles. The van der Waals surface area contributed by atoms with Crippen molar-refractivity contribution in [3.8, 4) is 0 Å². The van der Waals surface area contributed by atoms with Crippen molar-refractivity contribution in [1.82, 2.24) is 9.80 Å². The zero-order valence-corrected chi connectivity index (χ0v) is 14.0. The second kappa shape index (κ2) is 6.20. The van der Waals surface area contributed by atoms with Crippen LogP contribution in [0.2, 0.25) is 0 Å². The van der Waals surface area contributed by atoms with Crippen LogP contribution in [0.25, 0.3) is 0 Å². The number of furan rings is 1. The monoisotopic (exact) mass is 346 g/mol. The van der Waals surface area contributed by atoms with Gasteiger partial charge in [-0.25, -0.2) is 0 Å². The third kappa shape index (κ3) is 2.71. The van der Waals surface area contributed by atoms with Crippen LogP contribution in [-0.2, 0) is 9.59 Å². The van der Waals surface area contributed by atoms with Gasteiger partial charge in [0.25, 0.3) is 5.91 Å². The molecular formula is C18H22N2O5. The molecule has 1 saturated heterocycles. The standard InChI is InChI=1S/C18H22N2O5/c21-16(13-2-1-9-25-13)19-5-7-20(8-6-19)17(22)14-11-3-4-12(10-11)15(14)18(23)24/h1-2,9,11-12,14-15H,3-8,10H2,(H,23,24)/t11-,12-,14-,15-/m0/s1. The SMILES string of the molecule is O=C(O)[C@H]1[C@H]2CC[C@@H](C2)[C@@H]1C(=O)N1CCN(C(=O)c2ccco2)CC1. The van der Waals surface area contributed by atoms with E-state index in [1.807, 2.05) is 0 Å². The van der Waals surface area contributed by atoms with Gasteiger partial charge in [-0.3, -0.25) is 14.4 Å². The maximum absolute atomic E-state index is 13.0. The van der Waals surface area contributed by atoms with Gasteiger partial charge in [0.05, 0.1) is 18.1 Å². The fraction of sp³-hybridized carbons (Fsp3) is 0.611. The summed E-state index contributed by atoms with van der Waals surface area (Å²) in [5, 5.41) is 9.54. The van der Waals surface area contributed by atoms with Crippen molar-refractivity contribution in [2.24, 2.45) is 23.7 Å². The molecule has 134 valence electrons. The normalized spacial score (nSPS) is 31.4. The van der Waals surface area contributed by atoms with Gasteiger partial charge >= 0.3 is 5.97 Å². The summed E-state index contributed by atoms with van der Waals surface area (Å²) in [4.78, 5) is 40.3. The Bertz CT molecular complexity index is 678. The van der Waals surface area contributed by atoms with Gasteiger partial charge in [-0.2, -0.15) is 0 Å². The lowest BCUT2D eigenvalue weighted by atomic mass is 9.78. The summed E-state index contributed by atoms with van der Waals surface area (Å²) in [6.07, 6.45) is 4.22. The zero-order chi connectivity index (χ0) is 17.6. The number of carbonyl (C=O) groups excluding carboxylic acids is 2. The minimum Gasteiger partial charge on any atom is -0.481 e. The number of nitrogens with zero attached hydrogens (tertiary/aromatic N) is 2. The third-order valence-electron chi connectivity index (χ3n) is 6.10. The van der Waals surface area contributed by atoms with Gasteiger partial charge in [0, 0.05) is 26.2 Å². The maximum atomic E-state index is 13.0. The quantitative estimate of drug-likeness (QED) is 0.891. The summed E-state index contributed by atoms with van der Waals surface area (Å²) in [6.45, 7) is 1.80. The molecular weight excluding hydrogens is 324 g/mol. The van der Waals surface area contributed by atoms with E-state index < -0.39 is 11.9 Å². The van der Waals surface area contributed by atoms with E-state index in [-0.39, 0.29) is 29.6 Å². The smallest absolute Gasteiger partial charge is 0.307 e. The van der Waals surface area contributed by atoms with E-state index >= 15 is 0 Å². The van der Waals surface area contributed by atoms with Crippen molar-refractivity contribution in [3.63, 3.8) is 0 Å². The number of hydrogen-bond donors (Lipinski definition) is 1. The molecule has 25 heavy (non-hydrogen) atoms. The molecule has 4 rings (SSSR count). The van der Waals surface area contributed by atoms with Crippen molar-refractivity contribution in [2.45, 2.75) is 19.3 Å². The highest BCUT2D eigenvalue weighted by Gasteiger charge is 2.54. The molecule has 0 unspecified atom stereocenters. The number of amides is 2. The summed E-state index contributed by atoms with van der Waals surface area (Å²) < 4.78 is 5.14. The van der Waals surface area contributed by atoms with Gasteiger partial charge in [-0.1, -0.05) is 0 Å². The molecule has 2 aliphatic carbocycles. The first kappa shape index (κ1) is 16.2. The van der Waals surface area contributed by atoms with Crippen molar-refractivity contribution in [3.05, 3.63) is 24.2 Å². The van der Waals surface area contributed by atoms with Gasteiger partial charge in [0.15, 0.2) is 5.76 Å². The predicted molar refractivity (Wildman–Crippen MR) is 86.6 cm³/mol. The molecule has 2 bridgehead atoms. The maximum Gasteiger partial charge on any atom is 0.307 e. The largest absolute Gasteiger partial charge is 0.481 e. The Morgan fingerprint density at radius 1 is 1.00 bits per heavy atom. The molecule has 0 spiro atoms. The Hall–Kier alpha value is -2.31. The van der Waals surface area contributed by atoms with Crippen LogP contribution in [-0.4, -0.2) is 58.9 Å². The highest BCUT2D eigenvalue weighted by molar-refractivity contribution is 5.92. The lowest BCUT2D eigenvalue weighted by Crippen LogP contribution is -2.53. The van der Waals surface area contributed by atoms with Crippen LogP contribution in [0.1, 0.15) is 29.8 Å². The van der Waals surface area contributed by atoms with E-state index in [4.69, 9.17) is 4.42 Å². The molecule has 1 N–H and O–H groups in total. The summed E-state index contributed by atoms with van der Waals surface area (Å²) in [6, 6.07) is 3.31. The number of hydrogen-bond acceptors (Lipinski definition) is 4. The molecule has 1 aromatic rings. The van der Waals surface area contributed by atoms with E-state index in [0.29, 0.717) is 31.9 Å². The second-order valence-corrected chi connectivity index (χ2v) is 7.32. The highest BCUT2D eigenvalue weighted by Crippen LogP contribution is 2.53. The molecule has 1 aliphatic heterocycles. The van der Waals surface area contributed by atoms with Crippen molar-refractivity contribution >= 4 is 17.8 Å². The Labute approximate surface area is 145 Å². The Morgan fingerprint density at radius 2 is 1.64 bits per heavy atom.